The third-order valence-electron chi connectivity index (χ3n) is 5.82. The summed E-state index contributed by atoms with van der Waals surface area (Å²) in [4.78, 5) is 29.5. The zero-order chi connectivity index (χ0) is 23.9. The molecule has 0 aliphatic carbocycles. The van der Waals surface area contributed by atoms with Gasteiger partial charge in [-0.3, -0.25) is 4.79 Å². The fourth-order valence-corrected chi connectivity index (χ4v) is 4.07. The molecule has 1 aliphatic heterocycles. The molecule has 7 nitrogen and oxygen atoms in total. The molecule has 0 unspecified atom stereocenters. The van der Waals surface area contributed by atoms with Crippen LogP contribution in [-0.4, -0.2) is 37.0 Å². The Hall–Kier alpha value is -4.31. The quantitative estimate of drug-likeness (QED) is 0.545. The third-order valence-corrected chi connectivity index (χ3v) is 5.82. The van der Waals surface area contributed by atoms with Gasteiger partial charge in [0.2, 0.25) is 0 Å². The summed E-state index contributed by atoms with van der Waals surface area (Å²) in [5, 5.41) is 14.7. The number of hydrogen-bond donors (Lipinski definition) is 2. The molecular weight excluding hydrogens is 426 g/mol. The van der Waals surface area contributed by atoms with Crippen LogP contribution in [0.4, 0.5) is 21.9 Å². The zero-order valence-corrected chi connectivity index (χ0v) is 19.1. The van der Waals surface area contributed by atoms with E-state index in [0.717, 1.165) is 18.7 Å². The van der Waals surface area contributed by atoms with Crippen molar-refractivity contribution in [3.05, 3.63) is 89.5 Å². The fraction of sp³-hybridized carbons (Fsp3) is 0.222. The van der Waals surface area contributed by atoms with Gasteiger partial charge in [0.15, 0.2) is 0 Å². The molecule has 172 valence electrons. The van der Waals surface area contributed by atoms with Crippen LogP contribution in [-0.2, 0) is 6.54 Å². The highest BCUT2D eigenvalue weighted by molar-refractivity contribution is 6.05. The molecule has 1 aliphatic rings. The predicted octanol–water partition coefficient (Wildman–Crippen LogP) is 5.07. The van der Waals surface area contributed by atoms with E-state index in [1.165, 1.54) is 18.5 Å². The average Bonchev–Trinajstić information content (AvgIpc) is 3.39. The number of carbonyl (C=O) groups is 2. The summed E-state index contributed by atoms with van der Waals surface area (Å²) >= 11 is 0. The molecule has 1 saturated heterocycles. The largest absolute Gasteiger partial charge is 0.371 e. The second kappa shape index (κ2) is 10.5. The maximum absolute atomic E-state index is 12.9. The Morgan fingerprint density at radius 1 is 0.941 bits per heavy atom. The number of rotatable bonds is 6. The Bertz CT molecular complexity index is 1230. The maximum Gasteiger partial charge on any atom is 0.321 e. The van der Waals surface area contributed by atoms with Gasteiger partial charge in [0.05, 0.1) is 11.6 Å². The second-order valence-corrected chi connectivity index (χ2v) is 8.34. The van der Waals surface area contributed by atoms with E-state index in [-0.39, 0.29) is 11.9 Å². The molecule has 34 heavy (non-hydrogen) atoms. The van der Waals surface area contributed by atoms with Crippen LogP contribution in [0.5, 0.6) is 0 Å². The monoisotopic (exact) mass is 453 g/mol. The Balaban J connectivity index is 1.40. The van der Waals surface area contributed by atoms with Crippen LogP contribution < -0.4 is 15.5 Å². The van der Waals surface area contributed by atoms with Crippen LogP contribution >= 0.6 is 0 Å². The van der Waals surface area contributed by atoms with Crippen molar-refractivity contribution < 1.29 is 9.59 Å². The van der Waals surface area contributed by atoms with Gasteiger partial charge in [-0.15, -0.1) is 0 Å². The lowest BCUT2D eigenvalue weighted by Crippen LogP contribution is -2.31. The molecule has 3 aromatic rings. The van der Waals surface area contributed by atoms with Crippen LogP contribution in [0.25, 0.3) is 0 Å². The van der Waals surface area contributed by atoms with Crippen LogP contribution in [0.15, 0.2) is 72.8 Å². The first-order valence-corrected chi connectivity index (χ1v) is 11.3. The Kier molecular flexibility index (Phi) is 7.09. The van der Waals surface area contributed by atoms with Gasteiger partial charge < -0.3 is 20.4 Å². The molecule has 3 amide bonds. The minimum atomic E-state index is -0.320. The van der Waals surface area contributed by atoms with Crippen molar-refractivity contribution in [3.8, 4) is 6.07 Å². The van der Waals surface area contributed by atoms with Crippen LogP contribution in [0.2, 0.25) is 0 Å². The van der Waals surface area contributed by atoms with Crippen molar-refractivity contribution in [2.75, 3.05) is 35.7 Å². The number of nitrogens with one attached hydrogen (secondary N) is 2. The smallest absolute Gasteiger partial charge is 0.321 e. The molecular formula is C27H27N5O2. The highest BCUT2D eigenvalue weighted by Crippen LogP contribution is 2.25. The van der Waals surface area contributed by atoms with E-state index in [1.54, 1.807) is 60.5 Å². The molecule has 0 bridgehead atoms. The predicted molar refractivity (Wildman–Crippen MR) is 134 cm³/mol. The van der Waals surface area contributed by atoms with Crippen molar-refractivity contribution in [1.29, 1.82) is 5.26 Å². The van der Waals surface area contributed by atoms with E-state index in [1.807, 2.05) is 12.1 Å². The SMILES string of the molecule is CN(Cc1ccccc1N1CCCC1)C(=O)Nc1cccc(C(=O)Nc2cccc(C#N)c2)c1. The summed E-state index contributed by atoms with van der Waals surface area (Å²) in [5.41, 5.74) is 4.22. The summed E-state index contributed by atoms with van der Waals surface area (Å²) in [7, 11) is 1.76. The van der Waals surface area contributed by atoms with Gasteiger partial charge in [-0.2, -0.15) is 5.26 Å². The molecule has 0 atom stereocenters. The summed E-state index contributed by atoms with van der Waals surface area (Å²) in [6.45, 7) is 2.57. The van der Waals surface area contributed by atoms with Crippen molar-refractivity contribution in [2.45, 2.75) is 19.4 Å². The van der Waals surface area contributed by atoms with Gasteiger partial charge in [-0.1, -0.05) is 30.3 Å². The molecule has 4 rings (SSSR count). The zero-order valence-electron chi connectivity index (χ0n) is 19.1. The number of nitriles is 1. The fourth-order valence-electron chi connectivity index (χ4n) is 4.07. The highest BCUT2D eigenvalue weighted by atomic mass is 16.2. The lowest BCUT2D eigenvalue weighted by molar-refractivity contribution is 0.102. The minimum Gasteiger partial charge on any atom is -0.371 e. The van der Waals surface area contributed by atoms with E-state index in [0.29, 0.717) is 29.0 Å². The lowest BCUT2D eigenvalue weighted by Gasteiger charge is -2.24. The van der Waals surface area contributed by atoms with E-state index >= 15 is 0 Å². The second-order valence-electron chi connectivity index (χ2n) is 8.34. The molecule has 2 N–H and O–H groups in total. The van der Waals surface area contributed by atoms with Crippen LogP contribution in [0.3, 0.4) is 0 Å². The number of anilines is 3. The Labute approximate surface area is 199 Å². The van der Waals surface area contributed by atoms with Crippen molar-refractivity contribution in [3.63, 3.8) is 0 Å². The summed E-state index contributed by atoms with van der Waals surface area (Å²) in [6, 6.07) is 23.5. The lowest BCUT2D eigenvalue weighted by atomic mass is 10.1. The first kappa shape index (κ1) is 22.9. The number of hydrogen-bond acceptors (Lipinski definition) is 4. The molecule has 7 heteroatoms. The van der Waals surface area contributed by atoms with Crippen molar-refractivity contribution >= 4 is 29.0 Å². The van der Waals surface area contributed by atoms with Crippen molar-refractivity contribution in [1.82, 2.24) is 4.90 Å². The number of amides is 3. The molecule has 1 heterocycles. The van der Waals surface area contributed by atoms with E-state index in [9.17, 15) is 9.59 Å². The maximum atomic E-state index is 12.9. The van der Waals surface area contributed by atoms with Crippen LogP contribution in [0.1, 0.15) is 34.3 Å². The van der Waals surface area contributed by atoms with Gasteiger partial charge >= 0.3 is 6.03 Å². The first-order valence-electron chi connectivity index (χ1n) is 11.3. The van der Waals surface area contributed by atoms with E-state index in [2.05, 4.69) is 33.7 Å². The molecule has 0 spiro atoms. The standard InChI is InChI=1S/C27H27N5O2/c1-31(19-22-9-2-3-13-25(22)32-14-4-5-15-32)27(34)30-24-12-7-10-21(17-24)26(33)29-23-11-6-8-20(16-23)18-28/h2-3,6-13,16-17H,4-5,14-15,19H2,1H3,(H,29,33)(H,30,34). The van der Waals surface area contributed by atoms with E-state index in [4.69, 9.17) is 5.26 Å². The molecule has 0 aromatic heterocycles. The minimum absolute atomic E-state index is 0.254. The number of benzene rings is 3. The molecule has 3 aromatic carbocycles. The summed E-state index contributed by atoms with van der Waals surface area (Å²) in [6.07, 6.45) is 2.39. The number of para-hydroxylation sites is 1. The number of nitrogens with zero attached hydrogens (tertiary/aromatic N) is 3. The van der Waals surface area contributed by atoms with Crippen molar-refractivity contribution in [2.24, 2.45) is 0 Å². The number of urea groups is 1. The molecule has 0 saturated carbocycles. The van der Waals surface area contributed by atoms with Gasteiger partial charge in [-0.25, -0.2) is 4.79 Å². The van der Waals surface area contributed by atoms with Gasteiger partial charge in [-0.05, 0) is 60.9 Å². The number of carbonyl (C=O) groups excluding carboxylic acids is 2. The third kappa shape index (κ3) is 5.54. The average molecular weight is 454 g/mol. The van der Waals surface area contributed by atoms with Gasteiger partial charge in [0.25, 0.3) is 5.91 Å². The summed E-state index contributed by atoms with van der Waals surface area (Å²) < 4.78 is 0. The topological polar surface area (TPSA) is 88.5 Å². The Morgan fingerprint density at radius 3 is 2.41 bits per heavy atom. The van der Waals surface area contributed by atoms with E-state index < -0.39 is 0 Å². The van der Waals surface area contributed by atoms with Gasteiger partial charge in [0, 0.05) is 49.3 Å². The normalized spacial score (nSPS) is 12.6. The molecule has 1 fully saturated rings. The Morgan fingerprint density at radius 2 is 1.65 bits per heavy atom. The van der Waals surface area contributed by atoms with Crippen LogP contribution in [0, 0.1) is 11.3 Å². The highest BCUT2D eigenvalue weighted by Gasteiger charge is 2.18. The molecule has 0 radical (unpaired) electrons. The van der Waals surface area contributed by atoms with Gasteiger partial charge in [0.1, 0.15) is 0 Å². The first-order chi connectivity index (χ1) is 16.5. The summed E-state index contributed by atoms with van der Waals surface area (Å²) in [5.74, 6) is -0.320.